The lowest BCUT2D eigenvalue weighted by atomic mass is 9.89. The minimum Gasteiger partial charge on any atom is -0.384 e. The minimum atomic E-state index is 0.293. The topological polar surface area (TPSA) is 41.6 Å². The summed E-state index contributed by atoms with van der Waals surface area (Å²) in [5, 5.41) is 3.63. The number of piperidine rings is 1. The first-order valence-corrected chi connectivity index (χ1v) is 8.12. The van der Waals surface area contributed by atoms with Crippen molar-refractivity contribution in [2.24, 2.45) is 11.8 Å². The number of carbonyl (C=O) groups excluding carboxylic acids is 1. The third-order valence-electron chi connectivity index (χ3n) is 4.24. The van der Waals surface area contributed by atoms with E-state index in [4.69, 9.17) is 4.74 Å². The highest BCUT2D eigenvalue weighted by atomic mass is 16.5. The van der Waals surface area contributed by atoms with Gasteiger partial charge in [-0.15, -0.1) is 0 Å². The van der Waals surface area contributed by atoms with Gasteiger partial charge in [-0.2, -0.15) is 0 Å². The first-order valence-electron chi connectivity index (χ1n) is 8.12. The zero-order valence-corrected chi connectivity index (χ0v) is 13.7. The maximum Gasteiger partial charge on any atom is 0.222 e. The lowest BCUT2D eigenvalue weighted by Gasteiger charge is -2.39. The summed E-state index contributed by atoms with van der Waals surface area (Å²) in [5.74, 6) is 1.20. The fourth-order valence-corrected chi connectivity index (χ4v) is 3.04. The molecule has 0 aliphatic carbocycles. The fourth-order valence-electron chi connectivity index (χ4n) is 3.04. The molecule has 1 N–H and O–H groups in total. The molecule has 1 rings (SSSR count). The maximum absolute atomic E-state index is 12.3. The monoisotopic (exact) mass is 284 g/mol. The summed E-state index contributed by atoms with van der Waals surface area (Å²) >= 11 is 0. The molecule has 1 amide bonds. The predicted octanol–water partition coefficient (Wildman–Crippen LogP) is 2.29. The van der Waals surface area contributed by atoms with Crippen LogP contribution in [0.15, 0.2) is 0 Å². The zero-order chi connectivity index (χ0) is 15.0. The van der Waals surface area contributed by atoms with E-state index in [1.807, 2.05) is 0 Å². The van der Waals surface area contributed by atoms with E-state index in [2.05, 4.69) is 31.0 Å². The highest BCUT2D eigenvalue weighted by Gasteiger charge is 2.30. The lowest BCUT2D eigenvalue weighted by molar-refractivity contribution is -0.134. The summed E-state index contributed by atoms with van der Waals surface area (Å²) in [6.07, 6.45) is 4.00. The molecule has 1 saturated heterocycles. The quantitative estimate of drug-likeness (QED) is 0.743. The van der Waals surface area contributed by atoms with Gasteiger partial charge in [-0.05, 0) is 31.2 Å². The Kier molecular flexibility index (Phi) is 8.15. The SMILES string of the molecule is CCCNC1CCN(C(=O)CC(C)COC)CC1CC. The van der Waals surface area contributed by atoms with E-state index in [0.717, 1.165) is 32.5 Å². The highest BCUT2D eigenvalue weighted by Crippen LogP contribution is 2.21. The molecule has 1 heterocycles. The molecule has 4 heteroatoms. The Bertz CT molecular complexity index is 284. The van der Waals surface area contributed by atoms with Crippen molar-refractivity contribution in [3.8, 4) is 0 Å². The van der Waals surface area contributed by atoms with Crippen LogP contribution in [0, 0.1) is 11.8 Å². The number of amides is 1. The Morgan fingerprint density at radius 2 is 2.20 bits per heavy atom. The second kappa shape index (κ2) is 9.35. The van der Waals surface area contributed by atoms with Crippen molar-refractivity contribution >= 4 is 5.91 Å². The van der Waals surface area contributed by atoms with Gasteiger partial charge in [-0.25, -0.2) is 0 Å². The van der Waals surface area contributed by atoms with Crippen LogP contribution in [0.25, 0.3) is 0 Å². The van der Waals surface area contributed by atoms with Crippen molar-refractivity contribution in [2.45, 2.75) is 52.5 Å². The van der Waals surface area contributed by atoms with E-state index in [1.54, 1.807) is 7.11 Å². The van der Waals surface area contributed by atoms with Crippen molar-refractivity contribution in [2.75, 3.05) is 33.4 Å². The second-order valence-electron chi connectivity index (χ2n) is 6.12. The van der Waals surface area contributed by atoms with Crippen LogP contribution in [-0.4, -0.2) is 50.2 Å². The molecule has 1 aliphatic rings. The third kappa shape index (κ3) is 5.41. The van der Waals surface area contributed by atoms with Gasteiger partial charge in [0.1, 0.15) is 0 Å². The first-order chi connectivity index (χ1) is 9.62. The van der Waals surface area contributed by atoms with Crippen LogP contribution in [0.1, 0.15) is 46.5 Å². The molecule has 3 unspecified atom stereocenters. The van der Waals surface area contributed by atoms with Crippen LogP contribution in [0.5, 0.6) is 0 Å². The van der Waals surface area contributed by atoms with Gasteiger partial charge >= 0.3 is 0 Å². The second-order valence-corrected chi connectivity index (χ2v) is 6.12. The van der Waals surface area contributed by atoms with Gasteiger partial charge in [0, 0.05) is 39.3 Å². The van der Waals surface area contributed by atoms with Crippen LogP contribution in [-0.2, 0) is 9.53 Å². The molecule has 20 heavy (non-hydrogen) atoms. The molecule has 3 atom stereocenters. The van der Waals surface area contributed by atoms with E-state index in [9.17, 15) is 4.79 Å². The summed E-state index contributed by atoms with van der Waals surface area (Å²) in [7, 11) is 1.69. The van der Waals surface area contributed by atoms with Gasteiger partial charge in [0.05, 0.1) is 0 Å². The predicted molar refractivity (Wildman–Crippen MR) is 82.7 cm³/mol. The molecule has 0 bridgehead atoms. The Labute approximate surface area is 124 Å². The van der Waals surface area contributed by atoms with Gasteiger partial charge in [0.15, 0.2) is 0 Å². The normalized spacial score (nSPS) is 24.7. The Hall–Kier alpha value is -0.610. The fraction of sp³-hybridized carbons (Fsp3) is 0.938. The molecular weight excluding hydrogens is 252 g/mol. The van der Waals surface area contributed by atoms with Crippen molar-refractivity contribution in [3.63, 3.8) is 0 Å². The van der Waals surface area contributed by atoms with Crippen LogP contribution in [0.2, 0.25) is 0 Å². The van der Waals surface area contributed by atoms with Crippen LogP contribution in [0.4, 0.5) is 0 Å². The number of carbonyl (C=O) groups is 1. The van der Waals surface area contributed by atoms with E-state index >= 15 is 0 Å². The Balaban J connectivity index is 2.44. The largest absolute Gasteiger partial charge is 0.384 e. The molecule has 1 aliphatic heterocycles. The molecule has 0 spiro atoms. The summed E-state index contributed by atoms with van der Waals surface area (Å²) in [6, 6.07) is 0.584. The first kappa shape index (κ1) is 17.4. The zero-order valence-electron chi connectivity index (χ0n) is 13.7. The Morgan fingerprint density at radius 3 is 2.80 bits per heavy atom. The third-order valence-corrected chi connectivity index (χ3v) is 4.24. The van der Waals surface area contributed by atoms with Crippen molar-refractivity contribution in [1.29, 1.82) is 0 Å². The molecule has 0 aromatic carbocycles. The smallest absolute Gasteiger partial charge is 0.222 e. The molecule has 0 radical (unpaired) electrons. The molecule has 0 aromatic heterocycles. The van der Waals surface area contributed by atoms with Gasteiger partial charge in [0.25, 0.3) is 0 Å². The van der Waals surface area contributed by atoms with Crippen LogP contribution >= 0.6 is 0 Å². The summed E-state index contributed by atoms with van der Waals surface area (Å²) in [5.41, 5.74) is 0. The summed E-state index contributed by atoms with van der Waals surface area (Å²) in [4.78, 5) is 14.4. The van der Waals surface area contributed by atoms with Crippen molar-refractivity contribution in [3.05, 3.63) is 0 Å². The molecule has 4 nitrogen and oxygen atoms in total. The number of nitrogens with zero attached hydrogens (tertiary/aromatic N) is 1. The van der Waals surface area contributed by atoms with E-state index in [1.165, 1.54) is 6.42 Å². The Morgan fingerprint density at radius 1 is 1.45 bits per heavy atom. The van der Waals surface area contributed by atoms with E-state index < -0.39 is 0 Å². The van der Waals surface area contributed by atoms with Crippen molar-refractivity contribution < 1.29 is 9.53 Å². The number of rotatable bonds is 8. The molecular formula is C16H32N2O2. The molecule has 118 valence electrons. The summed E-state index contributed by atoms with van der Waals surface area (Å²) < 4.78 is 5.11. The molecule has 1 fully saturated rings. The van der Waals surface area contributed by atoms with Crippen LogP contribution in [0.3, 0.4) is 0 Å². The number of nitrogens with one attached hydrogen (secondary N) is 1. The van der Waals surface area contributed by atoms with Crippen molar-refractivity contribution in [1.82, 2.24) is 10.2 Å². The molecule has 0 saturated carbocycles. The number of methoxy groups -OCH3 is 1. The lowest BCUT2D eigenvalue weighted by Crippen LogP contribution is -2.51. The number of hydrogen-bond donors (Lipinski definition) is 1. The summed E-state index contributed by atoms with van der Waals surface area (Å²) in [6.45, 7) is 10.1. The maximum atomic E-state index is 12.3. The standard InChI is InChI=1S/C16H32N2O2/c1-5-8-17-15-7-9-18(11-14(15)6-2)16(19)10-13(3)12-20-4/h13-15,17H,5-12H2,1-4H3. The minimum absolute atomic E-state index is 0.293. The highest BCUT2D eigenvalue weighted by molar-refractivity contribution is 5.76. The average Bonchev–Trinajstić information content (AvgIpc) is 2.45. The molecule has 0 aromatic rings. The van der Waals surface area contributed by atoms with Crippen LogP contribution < -0.4 is 5.32 Å². The van der Waals surface area contributed by atoms with E-state index in [-0.39, 0.29) is 0 Å². The van der Waals surface area contributed by atoms with Gasteiger partial charge in [-0.3, -0.25) is 4.79 Å². The number of likely N-dealkylation sites (tertiary alicyclic amines) is 1. The average molecular weight is 284 g/mol. The van der Waals surface area contributed by atoms with Gasteiger partial charge in [-0.1, -0.05) is 27.2 Å². The number of ether oxygens (including phenoxy) is 1. The number of hydrogen-bond acceptors (Lipinski definition) is 3. The van der Waals surface area contributed by atoms with Gasteiger partial charge < -0.3 is 15.0 Å². The van der Waals surface area contributed by atoms with Gasteiger partial charge in [0.2, 0.25) is 5.91 Å². The van der Waals surface area contributed by atoms with E-state index in [0.29, 0.717) is 36.8 Å².